The second kappa shape index (κ2) is 4.63. The van der Waals surface area contributed by atoms with Crippen LogP contribution >= 0.6 is 11.6 Å². The molecule has 15 heavy (non-hydrogen) atoms. The van der Waals surface area contributed by atoms with E-state index in [4.69, 9.17) is 23.1 Å². The second-order valence-electron chi connectivity index (χ2n) is 3.03. The molecular formula is C9H11ClN2O2S. The molecule has 0 radical (unpaired) electrons. The summed E-state index contributed by atoms with van der Waals surface area (Å²) in [6, 6.07) is 4.59. The van der Waals surface area contributed by atoms with E-state index in [1.54, 1.807) is 12.1 Å². The van der Waals surface area contributed by atoms with E-state index in [0.29, 0.717) is 15.6 Å². The van der Waals surface area contributed by atoms with E-state index in [0.717, 1.165) is 0 Å². The van der Waals surface area contributed by atoms with Gasteiger partial charge in [-0.25, -0.2) is 0 Å². The molecular weight excluding hydrogens is 236 g/mol. The SMILES string of the molecule is CC(C(N)=O)S(=O)c1ccc(N)c(Cl)c1. The molecule has 0 spiro atoms. The fourth-order valence-electron chi connectivity index (χ4n) is 0.943. The van der Waals surface area contributed by atoms with Gasteiger partial charge < -0.3 is 11.5 Å². The molecule has 1 aromatic rings. The average Bonchev–Trinajstić information content (AvgIpc) is 2.19. The highest BCUT2D eigenvalue weighted by molar-refractivity contribution is 7.86. The number of carbonyl (C=O) groups excluding carboxylic acids is 1. The van der Waals surface area contributed by atoms with E-state index < -0.39 is 22.0 Å². The molecule has 1 rings (SSSR count). The monoisotopic (exact) mass is 246 g/mol. The molecule has 0 aliphatic heterocycles. The number of hydrogen-bond acceptors (Lipinski definition) is 3. The van der Waals surface area contributed by atoms with Gasteiger partial charge in [-0.3, -0.25) is 9.00 Å². The Morgan fingerprint density at radius 1 is 1.53 bits per heavy atom. The van der Waals surface area contributed by atoms with Gasteiger partial charge >= 0.3 is 0 Å². The molecule has 0 saturated heterocycles. The maximum Gasteiger partial charge on any atom is 0.233 e. The first kappa shape index (κ1) is 12.0. The predicted molar refractivity (Wildman–Crippen MR) is 60.9 cm³/mol. The number of primary amides is 1. The number of nitrogen functional groups attached to an aromatic ring is 1. The van der Waals surface area contributed by atoms with E-state index in [1.165, 1.54) is 13.0 Å². The fraction of sp³-hybridized carbons (Fsp3) is 0.222. The second-order valence-corrected chi connectivity index (χ2v) is 5.21. The number of carbonyl (C=O) groups is 1. The number of halogens is 1. The Morgan fingerprint density at radius 2 is 2.13 bits per heavy atom. The van der Waals surface area contributed by atoms with Crippen molar-refractivity contribution in [3.05, 3.63) is 23.2 Å². The van der Waals surface area contributed by atoms with Crippen LogP contribution in [0, 0.1) is 0 Å². The molecule has 4 nitrogen and oxygen atoms in total. The smallest absolute Gasteiger partial charge is 0.233 e. The zero-order chi connectivity index (χ0) is 11.6. The Labute approximate surface area is 95.0 Å². The van der Waals surface area contributed by atoms with Crippen LogP contribution < -0.4 is 11.5 Å². The van der Waals surface area contributed by atoms with Crippen LogP contribution in [0.1, 0.15) is 6.92 Å². The first-order chi connectivity index (χ1) is 6.93. The number of anilines is 1. The third kappa shape index (κ3) is 2.70. The van der Waals surface area contributed by atoms with Crippen LogP contribution in [0.2, 0.25) is 5.02 Å². The summed E-state index contributed by atoms with van der Waals surface area (Å²) < 4.78 is 11.8. The molecule has 0 aliphatic carbocycles. The topological polar surface area (TPSA) is 86.2 Å². The normalized spacial score (nSPS) is 14.5. The van der Waals surface area contributed by atoms with E-state index in [-0.39, 0.29) is 0 Å². The van der Waals surface area contributed by atoms with Crippen molar-refractivity contribution in [3.63, 3.8) is 0 Å². The largest absolute Gasteiger partial charge is 0.398 e. The summed E-state index contributed by atoms with van der Waals surface area (Å²) in [6.07, 6.45) is 0. The highest BCUT2D eigenvalue weighted by atomic mass is 35.5. The number of amides is 1. The van der Waals surface area contributed by atoms with E-state index >= 15 is 0 Å². The Bertz CT molecular complexity index is 423. The first-order valence-electron chi connectivity index (χ1n) is 4.18. The number of benzene rings is 1. The van der Waals surface area contributed by atoms with Crippen LogP contribution in [0.25, 0.3) is 0 Å². The van der Waals surface area contributed by atoms with Crippen LogP contribution in [0.15, 0.2) is 23.1 Å². The molecule has 1 aromatic carbocycles. The lowest BCUT2D eigenvalue weighted by Gasteiger charge is -2.08. The molecule has 0 heterocycles. The summed E-state index contributed by atoms with van der Waals surface area (Å²) in [5.74, 6) is -0.610. The molecule has 0 aliphatic rings. The summed E-state index contributed by atoms with van der Waals surface area (Å²) in [6.45, 7) is 1.50. The quantitative estimate of drug-likeness (QED) is 0.777. The van der Waals surface area contributed by atoms with Crippen molar-refractivity contribution in [2.45, 2.75) is 17.1 Å². The average molecular weight is 247 g/mol. The lowest BCUT2D eigenvalue weighted by molar-refractivity contribution is -0.117. The molecule has 0 bridgehead atoms. The third-order valence-corrected chi connectivity index (χ3v) is 3.85. The van der Waals surface area contributed by atoms with Crippen molar-refractivity contribution in [1.29, 1.82) is 0 Å². The highest BCUT2D eigenvalue weighted by Gasteiger charge is 2.19. The Hall–Kier alpha value is -1.07. The predicted octanol–water partition coefficient (Wildman–Crippen LogP) is 0.904. The lowest BCUT2D eigenvalue weighted by atomic mass is 10.3. The molecule has 82 valence electrons. The zero-order valence-corrected chi connectivity index (χ0v) is 9.64. The van der Waals surface area contributed by atoms with Gasteiger partial charge in [0.2, 0.25) is 5.91 Å². The van der Waals surface area contributed by atoms with Crippen molar-refractivity contribution >= 4 is 34.0 Å². The molecule has 1 amide bonds. The van der Waals surface area contributed by atoms with Gasteiger partial charge in [0.05, 0.1) is 21.5 Å². The van der Waals surface area contributed by atoms with Crippen LogP contribution in [-0.4, -0.2) is 15.4 Å². The van der Waals surface area contributed by atoms with Gasteiger partial charge in [0.15, 0.2) is 0 Å². The van der Waals surface area contributed by atoms with Crippen LogP contribution in [0.4, 0.5) is 5.69 Å². The molecule has 6 heteroatoms. The van der Waals surface area contributed by atoms with Gasteiger partial charge in [0.25, 0.3) is 0 Å². The molecule has 4 N–H and O–H groups in total. The van der Waals surface area contributed by atoms with Crippen molar-refractivity contribution in [3.8, 4) is 0 Å². The standard InChI is InChI=1S/C9H11ClN2O2S/c1-5(9(12)13)15(14)6-2-3-8(11)7(10)4-6/h2-5H,11H2,1H3,(H2,12,13). The molecule has 2 atom stereocenters. The summed E-state index contributed by atoms with van der Waals surface area (Å²) in [7, 11) is -1.49. The Kier molecular flexibility index (Phi) is 3.71. The van der Waals surface area contributed by atoms with Crippen LogP contribution in [-0.2, 0) is 15.6 Å². The van der Waals surface area contributed by atoms with E-state index in [9.17, 15) is 9.00 Å². The van der Waals surface area contributed by atoms with Crippen molar-refractivity contribution < 1.29 is 9.00 Å². The molecule has 0 saturated carbocycles. The zero-order valence-electron chi connectivity index (χ0n) is 8.07. The van der Waals surface area contributed by atoms with Gasteiger partial charge in [-0.1, -0.05) is 11.6 Å². The third-order valence-electron chi connectivity index (χ3n) is 1.93. The number of nitrogens with two attached hydrogens (primary N) is 2. The minimum absolute atomic E-state index is 0.317. The van der Waals surface area contributed by atoms with Crippen molar-refractivity contribution in [2.75, 3.05) is 5.73 Å². The number of hydrogen-bond donors (Lipinski definition) is 2. The first-order valence-corrected chi connectivity index (χ1v) is 5.77. The lowest BCUT2D eigenvalue weighted by Crippen LogP contribution is -2.29. The van der Waals surface area contributed by atoms with Crippen LogP contribution in [0.5, 0.6) is 0 Å². The molecule has 0 fully saturated rings. The van der Waals surface area contributed by atoms with Crippen LogP contribution in [0.3, 0.4) is 0 Å². The highest BCUT2D eigenvalue weighted by Crippen LogP contribution is 2.22. The summed E-state index contributed by atoms with van der Waals surface area (Å²) >= 11 is 5.77. The minimum Gasteiger partial charge on any atom is -0.398 e. The minimum atomic E-state index is -1.49. The van der Waals surface area contributed by atoms with Gasteiger partial charge in [-0.05, 0) is 25.1 Å². The van der Waals surface area contributed by atoms with Gasteiger partial charge in [0.1, 0.15) is 5.25 Å². The fourth-order valence-corrected chi connectivity index (χ4v) is 2.24. The van der Waals surface area contributed by atoms with Gasteiger partial charge in [0, 0.05) is 4.90 Å². The van der Waals surface area contributed by atoms with Gasteiger partial charge in [-0.15, -0.1) is 0 Å². The summed E-state index contributed by atoms with van der Waals surface area (Å²) in [4.78, 5) is 11.3. The Balaban J connectivity index is 3.02. The van der Waals surface area contributed by atoms with Crippen molar-refractivity contribution in [2.24, 2.45) is 5.73 Å². The molecule has 0 aromatic heterocycles. The number of rotatable bonds is 3. The summed E-state index contributed by atoms with van der Waals surface area (Å²) in [5.41, 5.74) is 11.0. The Morgan fingerprint density at radius 3 is 2.60 bits per heavy atom. The van der Waals surface area contributed by atoms with E-state index in [1.807, 2.05) is 0 Å². The maximum atomic E-state index is 11.8. The molecule has 2 unspecified atom stereocenters. The van der Waals surface area contributed by atoms with Crippen molar-refractivity contribution in [1.82, 2.24) is 0 Å². The maximum absolute atomic E-state index is 11.8. The van der Waals surface area contributed by atoms with E-state index in [2.05, 4.69) is 0 Å². The summed E-state index contributed by atoms with van der Waals surface area (Å²) in [5, 5.41) is -0.429. The van der Waals surface area contributed by atoms with Gasteiger partial charge in [-0.2, -0.15) is 0 Å².